The summed E-state index contributed by atoms with van der Waals surface area (Å²) in [5, 5.41) is 24.8. The van der Waals surface area contributed by atoms with Gasteiger partial charge in [0.15, 0.2) is 23.4 Å². The molecule has 3 rings (SSSR count). The molecule has 140 valence electrons. The van der Waals surface area contributed by atoms with Gasteiger partial charge in [-0.25, -0.2) is 33.2 Å². The number of nitrogens with zero attached hydrogens (tertiary/aromatic N) is 4. The van der Waals surface area contributed by atoms with Crippen LogP contribution in [0.15, 0.2) is 12.7 Å². The molecule has 1 fully saturated rings. The maximum Gasteiger partial charge on any atom is 0.354 e. The standard InChI is InChI=1S/C10H10ClN5O8P2/c11-10(16-2-15-3-5(12)13-1-14-6(3)16)8(18)9(19,26(22)23)4(24-10)7(17)25(20)21/h1-2,4,7-8,17-19H,(H2,12,13,14)/t4-,7?,8-,9+,10+/m1/s1. The normalized spacial score (nSPS) is 32.6. The van der Waals surface area contributed by atoms with Gasteiger partial charge in [0.25, 0.3) is 5.18 Å². The number of hydrogen-bond donors (Lipinski definition) is 4. The fourth-order valence-corrected chi connectivity index (χ4v) is 4.47. The molecule has 5 N–H and O–H groups in total. The molecule has 1 aliphatic rings. The maximum atomic E-state index is 11.6. The van der Waals surface area contributed by atoms with Crippen molar-refractivity contribution in [1.29, 1.82) is 0 Å². The Morgan fingerprint density at radius 1 is 1.31 bits per heavy atom. The van der Waals surface area contributed by atoms with Crippen LogP contribution in [0.1, 0.15) is 0 Å². The van der Waals surface area contributed by atoms with Crippen LogP contribution < -0.4 is 5.73 Å². The van der Waals surface area contributed by atoms with Crippen molar-refractivity contribution in [3.8, 4) is 0 Å². The first-order valence-corrected chi connectivity index (χ1v) is 9.52. The third-order valence-electron chi connectivity index (χ3n) is 3.92. The van der Waals surface area contributed by atoms with E-state index in [9.17, 15) is 33.6 Å². The van der Waals surface area contributed by atoms with Crippen LogP contribution >= 0.6 is 27.0 Å². The predicted molar refractivity (Wildman–Crippen MR) is 82.0 cm³/mol. The first-order chi connectivity index (χ1) is 12.0. The number of anilines is 1. The first-order valence-electron chi connectivity index (χ1n) is 6.72. The number of aromatic nitrogens is 4. The smallest absolute Gasteiger partial charge is 0.354 e. The summed E-state index contributed by atoms with van der Waals surface area (Å²) in [5.41, 5.74) is 5.55. The van der Waals surface area contributed by atoms with Crippen molar-refractivity contribution in [3.05, 3.63) is 12.7 Å². The zero-order chi connectivity index (χ0) is 19.4. The summed E-state index contributed by atoms with van der Waals surface area (Å²) in [5.74, 6) is -2.54. The quantitative estimate of drug-likeness (QED) is 0.356. The summed E-state index contributed by atoms with van der Waals surface area (Å²) in [6.45, 7) is 0. The number of hydrogen-bond acceptors (Lipinski definition) is 12. The average molecular weight is 426 g/mol. The molecule has 16 heteroatoms. The SMILES string of the molecule is Nc1ncnc2c1ncn2[C@]1(Cl)O[C@H](C(O)P(=O)=O)[C@](O)(P(=O)=O)[C@H]1O. The Balaban J connectivity index is 2.22. The van der Waals surface area contributed by atoms with Gasteiger partial charge in [0.1, 0.15) is 24.3 Å². The fourth-order valence-electron chi connectivity index (χ4n) is 2.61. The number of nitrogen functional groups attached to an aromatic ring is 1. The molecule has 26 heavy (non-hydrogen) atoms. The van der Waals surface area contributed by atoms with Crippen molar-refractivity contribution in [1.82, 2.24) is 19.5 Å². The number of aliphatic hydroxyl groups excluding tert-OH is 2. The molecule has 2 aromatic heterocycles. The van der Waals surface area contributed by atoms with Crippen LogP contribution in [0.5, 0.6) is 0 Å². The van der Waals surface area contributed by atoms with E-state index in [0.717, 1.165) is 17.2 Å². The van der Waals surface area contributed by atoms with Gasteiger partial charge in [0.05, 0.1) is 0 Å². The summed E-state index contributed by atoms with van der Waals surface area (Å²) in [7, 11) is -7.58. The minimum atomic E-state index is -3.93. The summed E-state index contributed by atoms with van der Waals surface area (Å²) in [6, 6.07) is 0. The lowest BCUT2D eigenvalue weighted by atomic mass is 10.1. The highest BCUT2D eigenvalue weighted by Crippen LogP contribution is 2.54. The lowest BCUT2D eigenvalue weighted by Crippen LogP contribution is -2.49. The van der Waals surface area contributed by atoms with E-state index in [1.165, 1.54) is 0 Å². The largest absolute Gasteiger partial charge is 0.383 e. The van der Waals surface area contributed by atoms with E-state index in [1.807, 2.05) is 0 Å². The van der Waals surface area contributed by atoms with Gasteiger partial charge in [-0.05, 0) is 0 Å². The molecule has 0 amide bonds. The fraction of sp³-hybridized carbons (Fsp3) is 0.500. The van der Waals surface area contributed by atoms with Crippen molar-refractivity contribution in [3.63, 3.8) is 0 Å². The molecule has 0 spiro atoms. The van der Waals surface area contributed by atoms with E-state index in [4.69, 9.17) is 22.1 Å². The second-order valence-electron chi connectivity index (χ2n) is 5.33. The Kier molecular flexibility index (Phi) is 4.52. The zero-order valence-corrected chi connectivity index (χ0v) is 15.0. The molecule has 0 radical (unpaired) electrons. The van der Waals surface area contributed by atoms with E-state index in [0.29, 0.717) is 0 Å². The van der Waals surface area contributed by atoms with E-state index in [-0.39, 0.29) is 17.0 Å². The minimum absolute atomic E-state index is 0.0253. The Morgan fingerprint density at radius 2 is 1.96 bits per heavy atom. The Hall–Kier alpha value is -1.72. The second-order valence-corrected chi connectivity index (χ2v) is 8.21. The molecule has 3 heterocycles. The molecule has 0 aromatic carbocycles. The average Bonchev–Trinajstić information content (AvgIpc) is 3.10. The number of aliphatic hydroxyl groups is 3. The van der Waals surface area contributed by atoms with Crippen molar-refractivity contribution in [2.24, 2.45) is 0 Å². The number of halogens is 1. The highest BCUT2D eigenvalue weighted by atomic mass is 35.5. The Bertz CT molecular complexity index is 1010. The van der Waals surface area contributed by atoms with E-state index < -0.39 is 43.9 Å². The predicted octanol–water partition coefficient (Wildman–Crippen LogP) is -0.630. The van der Waals surface area contributed by atoms with Crippen LogP contribution in [-0.4, -0.2) is 58.2 Å². The molecule has 2 aromatic rings. The van der Waals surface area contributed by atoms with Crippen molar-refractivity contribution < 1.29 is 38.3 Å². The molecule has 5 atom stereocenters. The molecule has 1 saturated heterocycles. The van der Waals surface area contributed by atoms with E-state index >= 15 is 0 Å². The molecule has 1 aliphatic heterocycles. The molecular weight excluding hydrogens is 416 g/mol. The van der Waals surface area contributed by atoms with Crippen LogP contribution in [0.4, 0.5) is 5.82 Å². The van der Waals surface area contributed by atoms with Crippen molar-refractivity contribution >= 4 is 43.9 Å². The van der Waals surface area contributed by atoms with Gasteiger partial charge in [-0.15, -0.1) is 0 Å². The second kappa shape index (κ2) is 6.17. The number of rotatable bonds is 4. The maximum absolute atomic E-state index is 11.6. The number of nitrogens with two attached hydrogens (primary N) is 1. The van der Waals surface area contributed by atoms with Gasteiger partial charge in [-0.2, -0.15) is 0 Å². The van der Waals surface area contributed by atoms with Crippen LogP contribution in [-0.2, 0) is 28.2 Å². The number of fused-ring (bicyclic) bond motifs is 1. The van der Waals surface area contributed by atoms with Gasteiger partial charge in [-0.3, -0.25) is 4.57 Å². The molecule has 13 nitrogen and oxygen atoms in total. The molecule has 0 saturated carbocycles. The summed E-state index contributed by atoms with van der Waals surface area (Å²) in [6.07, 6.45) is -2.75. The van der Waals surface area contributed by atoms with Crippen molar-refractivity contribution in [2.45, 2.75) is 28.6 Å². The number of imidazole rings is 1. The third-order valence-corrected chi connectivity index (χ3v) is 6.18. The number of alkyl halides is 1. The van der Waals surface area contributed by atoms with Crippen LogP contribution in [0.25, 0.3) is 11.2 Å². The van der Waals surface area contributed by atoms with E-state index in [2.05, 4.69) is 15.0 Å². The van der Waals surface area contributed by atoms with Crippen LogP contribution in [0.2, 0.25) is 0 Å². The molecular formula is C10H10ClN5O8P2. The zero-order valence-electron chi connectivity index (χ0n) is 12.4. The summed E-state index contributed by atoms with van der Waals surface area (Å²) < 4.78 is 51.2. The Morgan fingerprint density at radius 3 is 2.54 bits per heavy atom. The topological polar surface area (TPSA) is 208 Å². The highest BCUT2D eigenvalue weighted by Gasteiger charge is 2.70. The van der Waals surface area contributed by atoms with Gasteiger partial charge in [0, 0.05) is 0 Å². The van der Waals surface area contributed by atoms with Crippen molar-refractivity contribution in [2.75, 3.05) is 5.73 Å². The lowest BCUT2D eigenvalue weighted by molar-refractivity contribution is -0.0924. The summed E-state index contributed by atoms with van der Waals surface area (Å²) >= 11 is 6.21. The molecule has 0 aliphatic carbocycles. The number of ether oxygens (including phenoxy) is 1. The summed E-state index contributed by atoms with van der Waals surface area (Å²) in [4.78, 5) is 11.4. The monoisotopic (exact) mass is 425 g/mol. The third kappa shape index (κ3) is 2.44. The molecule has 1 unspecified atom stereocenters. The molecule has 0 bridgehead atoms. The van der Waals surface area contributed by atoms with Gasteiger partial charge >= 0.3 is 15.4 Å². The van der Waals surface area contributed by atoms with Gasteiger partial charge < -0.3 is 25.8 Å². The Labute approximate surface area is 149 Å². The first kappa shape index (κ1) is 19.1. The van der Waals surface area contributed by atoms with Crippen LogP contribution in [0.3, 0.4) is 0 Å². The van der Waals surface area contributed by atoms with Gasteiger partial charge in [-0.1, -0.05) is 11.6 Å². The van der Waals surface area contributed by atoms with Crippen LogP contribution in [0, 0.1) is 0 Å². The van der Waals surface area contributed by atoms with Gasteiger partial charge in [0.2, 0.25) is 5.34 Å². The highest BCUT2D eigenvalue weighted by molar-refractivity contribution is 7.33. The van der Waals surface area contributed by atoms with E-state index in [1.54, 1.807) is 0 Å². The lowest BCUT2D eigenvalue weighted by Gasteiger charge is -2.27. The minimum Gasteiger partial charge on any atom is -0.383 e.